The number of esters is 2. The number of imide groups is 1. The van der Waals surface area contributed by atoms with Gasteiger partial charge in [-0.2, -0.15) is 0 Å². The molecule has 0 bridgehead atoms. The van der Waals surface area contributed by atoms with Crippen molar-refractivity contribution in [3.8, 4) is 0 Å². The largest absolute Gasteiger partial charge is 0.459 e. The lowest BCUT2D eigenvalue weighted by atomic mass is 10.0. The van der Waals surface area contributed by atoms with Crippen molar-refractivity contribution in [1.29, 1.82) is 0 Å². The van der Waals surface area contributed by atoms with Crippen molar-refractivity contribution in [2.24, 2.45) is 5.92 Å². The molecule has 2 N–H and O–H groups in total. The van der Waals surface area contributed by atoms with Crippen molar-refractivity contribution in [2.45, 2.75) is 45.1 Å². The fourth-order valence-electron chi connectivity index (χ4n) is 4.30. The normalized spacial score (nSPS) is 23.5. The minimum absolute atomic E-state index is 0.0460. The molecule has 37 heavy (non-hydrogen) atoms. The van der Waals surface area contributed by atoms with E-state index in [1.807, 2.05) is 13.8 Å². The average molecular weight is 511 g/mol. The Bertz CT molecular complexity index is 1150. The van der Waals surface area contributed by atoms with Gasteiger partial charge < -0.3 is 19.3 Å². The van der Waals surface area contributed by atoms with Crippen LogP contribution in [0.5, 0.6) is 0 Å². The predicted molar refractivity (Wildman–Crippen MR) is 131 cm³/mol. The Morgan fingerprint density at radius 3 is 2.19 bits per heavy atom. The van der Waals surface area contributed by atoms with Gasteiger partial charge in [-0.05, 0) is 44.5 Å². The van der Waals surface area contributed by atoms with Crippen LogP contribution in [0, 0.1) is 19.8 Å². The van der Waals surface area contributed by atoms with Crippen molar-refractivity contribution < 1.29 is 38.5 Å². The molecule has 2 saturated heterocycles. The number of hydrogen-bond acceptors (Lipinski definition) is 8. The van der Waals surface area contributed by atoms with E-state index in [1.165, 1.54) is 4.90 Å². The Balaban J connectivity index is 1.48. The monoisotopic (exact) mass is 510 g/mol. The molecular formula is C27H30N2O8. The molecule has 3 amide bonds. The zero-order valence-electron chi connectivity index (χ0n) is 20.7. The molecule has 0 radical (unpaired) electrons. The smallest absolute Gasteiger partial charge is 0.338 e. The van der Waals surface area contributed by atoms with E-state index >= 15 is 0 Å². The SMILES string of the molecule is Cc1ccc(C(=O)OC[C@H]2O[C@@H](N3CC(CCO)C(=O)NC3=O)C[C@@H]2OC(=O)c2ccc(C)cc2)cc1. The van der Waals surface area contributed by atoms with Crippen molar-refractivity contribution in [3.63, 3.8) is 0 Å². The number of aryl methyl sites for hydroxylation is 2. The second kappa shape index (κ2) is 11.5. The van der Waals surface area contributed by atoms with Crippen LogP contribution in [-0.4, -0.2) is 72.1 Å². The lowest BCUT2D eigenvalue weighted by Gasteiger charge is -2.35. The van der Waals surface area contributed by atoms with Crippen molar-refractivity contribution in [2.75, 3.05) is 19.8 Å². The third-order valence-corrected chi connectivity index (χ3v) is 6.50. The maximum atomic E-state index is 12.8. The molecule has 2 aromatic carbocycles. The molecule has 2 aliphatic heterocycles. The van der Waals surface area contributed by atoms with E-state index in [-0.39, 0.29) is 32.6 Å². The van der Waals surface area contributed by atoms with Gasteiger partial charge in [0, 0.05) is 19.6 Å². The number of urea groups is 1. The number of nitrogens with one attached hydrogen (secondary N) is 1. The number of amides is 3. The molecule has 2 heterocycles. The van der Waals surface area contributed by atoms with Crippen molar-refractivity contribution in [3.05, 3.63) is 70.8 Å². The van der Waals surface area contributed by atoms with Gasteiger partial charge in [-0.3, -0.25) is 15.0 Å². The first kappa shape index (κ1) is 26.3. The second-order valence-electron chi connectivity index (χ2n) is 9.30. The van der Waals surface area contributed by atoms with E-state index in [0.29, 0.717) is 11.1 Å². The van der Waals surface area contributed by atoms with Crippen LogP contribution in [0.25, 0.3) is 0 Å². The molecule has 0 saturated carbocycles. The molecule has 10 nitrogen and oxygen atoms in total. The molecule has 0 spiro atoms. The number of carbonyl (C=O) groups is 4. The summed E-state index contributed by atoms with van der Waals surface area (Å²) in [6.45, 7) is 3.44. The maximum absolute atomic E-state index is 12.8. The highest BCUT2D eigenvalue weighted by Crippen LogP contribution is 2.29. The van der Waals surface area contributed by atoms with Crippen LogP contribution in [0.2, 0.25) is 0 Å². The molecule has 4 atom stereocenters. The topological polar surface area (TPSA) is 131 Å². The minimum atomic E-state index is -0.837. The highest BCUT2D eigenvalue weighted by atomic mass is 16.6. The van der Waals surface area contributed by atoms with E-state index in [4.69, 9.17) is 14.2 Å². The summed E-state index contributed by atoms with van der Waals surface area (Å²) in [5.74, 6) is -2.18. The fraction of sp³-hybridized carbons (Fsp3) is 0.407. The highest BCUT2D eigenvalue weighted by Gasteiger charge is 2.45. The number of aliphatic hydroxyl groups is 1. The zero-order valence-corrected chi connectivity index (χ0v) is 20.7. The number of benzene rings is 2. The van der Waals surface area contributed by atoms with Crippen LogP contribution >= 0.6 is 0 Å². The Labute approximate surface area is 214 Å². The molecule has 0 aromatic heterocycles. The lowest BCUT2D eigenvalue weighted by Crippen LogP contribution is -2.57. The van der Waals surface area contributed by atoms with Crippen LogP contribution in [0.4, 0.5) is 4.79 Å². The van der Waals surface area contributed by atoms with Gasteiger partial charge >= 0.3 is 18.0 Å². The number of rotatable bonds is 8. The van der Waals surface area contributed by atoms with Crippen LogP contribution in [0.3, 0.4) is 0 Å². The first-order valence-corrected chi connectivity index (χ1v) is 12.1. The third-order valence-electron chi connectivity index (χ3n) is 6.50. The Hall–Kier alpha value is -3.76. The summed E-state index contributed by atoms with van der Waals surface area (Å²) in [5, 5.41) is 11.6. The molecule has 4 rings (SSSR count). The first-order valence-electron chi connectivity index (χ1n) is 12.1. The average Bonchev–Trinajstić information content (AvgIpc) is 3.27. The summed E-state index contributed by atoms with van der Waals surface area (Å²) >= 11 is 0. The fourth-order valence-corrected chi connectivity index (χ4v) is 4.30. The lowest BCUT2D eigenvalue weighted by molar-refractivity contribution is -0.130. The number of aliphatic hydroxyl groups excluding tert-OH is 1. The van der Waals surface area contributed by atoms with E-state index < -0.39 is 48.2 Å². The summed E-state index contributed by atoms with van der Waals surface area (Å²) in [7, 11) is 0. The van der Waals surface area contributed by atoms with Crippen LogP contribution < -0.4 is 5.32 Å². The van der Waals surface area contributed by atoms with Gasteiger partial charge in [-0.25, -0.2) is 14.4 Å². The predicted octanol–water partition coefficient (Wildman–Crippen LogP) is 2.35. The number of ether oxygens (including phenoxy) is 3. The summed E-state index contributed by atoms with van der Waals surface area (Å²) < 4.78 is 17.2. The maximum Gasteiger partial charge on any atom is 0.338 e. The quantitative estimate of drug-likeness (QED) is 0.518. The Kier molecular flexibility index (Phi) is 8.20. The summed E-state index contributed by atoms with van der Waals surface area (Å²) in [5.41, 5.74) is 2.71. The third kappa shape index (κ3) is 6.33. The van der Waals surface area contributed by atoms with Gasteiger partial charge in [0.05, 0.1) is 17.0 Å². The van der Waals surface area contributed by atoms with Gasteiger partial charge in [0.15, 0.2) is 0 Å². The zero-order chi connectivity index (χ0) is 26.5. The van der Waals surface area contributed by atoms with Gasteiger partial charge in [-0.1, -0.05) is 35.4 Å². The molecule has 10 heteroatoms. The van der Waals surface area contributed by atoms with E-state index in [1.54, 1.807) is 48.5 Å². The highest BCUT2D eigenvalue weighted by molar-refractivity contribution is 5.98. The van der Waals surface area contributed by atoms with Gasteiger partial charge in [0.1, 0.15) is 25.0 Å². The van der Waals surface area contributed by atoms with E-state index in [9.17, 15) is 24.3 Å². The first-order chi connectivity index (χ1) is 17.7. The summed E-state index contributed by atoms with van der Waals surface area (Å²) in [4.78, 5) is 51.4. The Morgan fingerprint density at radius 2 is 1.59 bits per heavy atom. The van der Waals surface area contributed by atoms with Crippen molar-refractivity contribution >= 4 is 23.9 Å². The Morgan fingerprint density at radius 1 is 1.00 bits per heavy atom. The minimum Gasteiger partial charge on any atom is -0.459 e. The molecule has 196 valence electrons. The van der Waals surface area contributed by atoms with Crippen LogP contribution in [-0.2, 0) is 19.0 Å². The number of carbonyl (C=O) groups excluding carboxylic acids is 4. The van der Waals surface area contributed by atoms with Gasteiger partial charge in [0.2, 0.25) is 5.91 Å². The molecule has 2 aromatic rings. The van der Waals surface area contributed by atoms with Crippen LogP contribution in [0.1, 0.15) is 44.7 Å². The van der Waals surface area contributed by atoms with Crippen LogP contribution in [0.15, 0.2) is 48.5 Å². The van der Waals surface area contributed by atoms with E-state index in [2.05, 4.69) is 5.32 Å². The second-order valence-corrected chi connectivity index (χ2v) is 9.30. The van der Waals surface area contributed by atoms with Gasteiger partial charge in [-0.15, -0.1) is 0 Å². The van der Waals surface area contributed by atoms with Crippen molar-refractivity contribution in [1.82, 2.24) is 10.2 Å². The molecular weight excluding hydrogens is 480 g/mol. The summed E-state index contributed by atoms with van der Waals surface area (Å²) in [6, 6.07) is 13.2. The summed E-state index contributed by atoms with van der Waals surface area (Å²) in [6.07, 6.45) is -2.17. The number of nitrogens with zero attached hydrogens (tertiary/aromatic N) is 1. The molecule has 2 aliphatic rings. The van der Waals surface area contributed by atoms with Gasteiger partial charge in [0.25, 0.3) is 0 Å². The number of hydrogen-bond donors (Lipinski definition) is 2. The van der Waals surface area contributed by atoms with E-state index in [0.717, 1.165) is 11.1 Å². The standard InChI is InChI=1S/C27H30N2O8/c1-16-3-7-18(8-4-16)25(32)35-15-22-21(37-26(33)19-9-5-17(2)6-10-19)13-23(36-22)29-14-20(11-12-30)24(31)28-27(29)34/h3-10,20-23,30H,11-15H2,1-2H3,(H,28,31,34)/t20?,21-,22+,23+/m0/s1. The molecule has 1 unspecified atom stereocenters. The molecule has 2 fully saturated rings. The molecule has 0 aliphatic carbocycles.